The highest BCUT2D eigenvalue weighted by Crippen LogP contribution is 2.49. The molecule has 0 amide bonds. The van der Waals surface area contributed by atoms with E-state index in [1.807, 2.05) is 22.7 Å². The molecule has 0 saturated carbocycles. The lowest BCUT2D eigenvalue weighted by atomic mass is 9.97. The number of rotatable bonds is 8. The van der Waals surface area contributed by atoms with Gasteiger partial charge < -0.3 is 9.80 Å². The summed E-state index contributed by atoms with van der Waals surface area (Å²) in [7, 11) is 0. The summed E-state index contributed by atoms with van der Waals surface area (Å²) in [5.74, 6) is 0. The van der Waals surface area contributed by atoms with Gasteiger partial charge in [0, 0.05) is 63.8 Å². The number of hydrogen-bond acceptors (Lipinski definition) is 4. The molecule has 0 N–H and O–H groups in total. The largest absolute Gasteiger partial charge is 0.310 e. The van der Waals surface area contributed by atoms with Crippen molar-refractivity contribution in [2.24, 2.45) is 0 Å². The number of hydrogen-bond donors (Lipinski definition) is 0. The Morgan fingerprint density at radius 3 is 1.59 bits per heavy atom. The van der Waals surface area contributed by atoms with Crippen LogP contribution < -0.4 is 9.80 Å². The fourth-order valence-electron chi connectivity index (χ4n) is 10.2. The molecule has 322 valence electrons. The van der Waals surface area contributed by atoms with Gasteiger partial charge in [0.05, 0.1) is 16.1 Å². The van der Waals surface area contributed by atoms with Crippen molar-refractivity contribution in [1.82, 2.24) is 0 Å². The lowest BCUT2D eigenvalue weighted by Crippen LogP contribution is -2.14. The second-order valence-electron chi connectivity index (χ2n) is 17.9. The van der Waals surface area contributed by atoms with Crippen molar-refractivity contribution >= 4 is 119 Å². The highest BCUT2D eigenvalue weighted by Gasteiger charge is 2.23. The van der Waals surface area contributed by atoms with E-state index in [1.165, 1.54) is 89.7 Å². The molecule has 11 aromatic carbocycles. The summed E-state index contributed by atoms with van der Waals surface area (Å²) >= 11 is 3.74. The first-order valence-electron chi connectivity index (χ1n) is 23.2. The van der Waals surface area contributed by atoms with Crippen LogP contribution in [0.4, 0.5) is 34.1 Å². The number of anilines is 6. The zero-order valence-electron chi connectivity index (χ0n) is 37.7. The van der Waals surface area contributed by atoms with E-state index in [-0.39, 0.29) is 0 Å². The fraction of sp³-hybridized carbons (Fsp3) is 0.0312. The molecule has 0 bridgehead atoms. The van der Waals surface area contributed by atoms with Gasteiger partial charge in [0.1, 0.15) is 0 Å². The average molecular weight is 905 g/mol. The zero-order valence-corrected chi connectivity index (χ0v) is 39.3. The van der Waals surface area contributed by atoms with Crippen molar-refractivity contribution in [2.45, 2.75) is 13.8 Å². The van der Waals surface area contributed by atoms with Gasteiger partial charge in [0.15, 0.2) is 0 Å². The number of fused-ring (bicyclic) bond motifs is 8. The molecule has 68 heavy (non-hydrogen) atoms. The molecule has 2 aromatic heterocycles. The third-order valence-electron chi connectivity index (χ3n) is 13.5. The highest BCUT2D eigenvalue weighted by atomic mass is 32.1. The average Bonchev–Trinajstić information content (AvgIpc) is 3.96. The molecular weight excluding hydrogens is 861 g/mol. The van der Waals surface area contributed by atoms with Crippen LogP contribution in [0.5, 0.6) is 0 Å². The summed E-state index contributed by atoms with van der Waals surface area (Å²) < 4.78 is 5.13. The molecular formula is C64H44N2S2. The maximum atomic E-state index is 2.48. The molecule has 0 saturated heterocycles. The molecule has 13 aromatic rings. The van der Waals surface area contributed by atoms with E-state index in [1.54, 1.807) is 0 Å². The Hall–Kier alpha value is -8.02. The Bertz CT molecular complexity index is 4060. The number of nitrogens with zero attached hydrogens (tertiary/aromatic N) is 2. The molecule has 0 aliphatic heterocycles. The van der Waals surface area contributed by atoms with Crippen molar-refractivity contribution in [3.63, 3.8) is 0 Å². The Labute approximate surface area is 403 Å². The molecule has 0 aliphatic carbocycles. The van der Waals surface area contributed by atoms with E-state index in [0.717, 1.165) is 39.7 Å². The molecule has 0 aliphatic rings. The molecule has 2 heterocycles. The molecule has 0 unspecified atom stereocenters. The normalized spacial score (nSPS) is 11.7. The van der Waals surface area contributed by atoms with Gasteiger partial charge in [-0.2, -0.15) is 0 Å². The second-order valence-corrected chi connectivity index (χ2v) is 20.0. The lowest BCUT2D eigenvalue weighted by Gasteiger charge is -2.31. The van der Waals surface area contributed by atoms with Gasteiger partial charge in [0.2, 0.25) is 0 Å². The van der Waals surface area contributed by atoms with Crippen LogP contribution in [0.3, 0.4) is 0 Å². The van der Waals surface area contributed by atoms with E-state index >= 15 is 0 Å². The van der Waals surface area contributed by atoms with Gasteiger partial charge >= 0.3 is 0 Å². The van der Waals surface area contributed by atoms with Crippen molar-refractivity contribution in [1.29, 1.82) is 0 Å². The maximum absolute atomic E-state index is 2.48. The number of thiophene rings is 2. The first-order valence-corrected chi connectivity index (χ1v) is 24.9. The summed E-state index contributed by atoms with van der Waals surface area (Å²) in [6.45, 7) is 4.32. The van der Waals surface area contributed by atoms with E-state index in [2.05, 4.69) is 254 Å². The van der Waals surface area contributed by atoms with Crippen LogP contribution in [0.15, 0.2) is 231 Å². The summed E-state index contributed by atoms with van der Waals surface area (Å²) in [6, 6.07) is 85.6. The minimum absolute atomic E-state index is 1.08. The third kappa shape index (κ3) is 6.92. The molecule has 13 rings (SSSR count). The Morgan fingerprint density at radius 2 is 0.838 bits per heavy atom. The quantitative estimate of drug-likeness (QED) is 0.150. The van der Waals surface area contributed by atoms with Crippen LogP contribution in [0.25, 0.3) is 84.1 Å². The predicted octanol–water partition coefficient (Wildman–Crippen LogP) is 19.6. The van der Waals surface area contributed by atoms with Crippen molar-refractivity contribution in [3.05, 3.63) is 242 Å². The van der Waals surface area contributed by atoms with Gasteiger partial charge in [-0.15, -0.1) is 22.7 Å². The van der Waals surface area contributed by atoms with Crippen molar-refractivity contribution in [2.75, 3.05) is 9.80 Å². The first kappa shape index (κ1) is 40.3. The smallest absolute Gasteiger partial charge is 0.0640 e. The molecule has 0 fully saturated rings. The molecule has 0 atom stereocenters. The van der Waals surface area contributed by atoms with Gasteiger partial charge in [-0.1, -0.05) is 163 Å². The molecule has 0 spiro atoms. The first-order chi connectivity index (χ1) is 33.5. The minimum Gasteiger partial charge on any atom is -0.310 e. The van der Waals surface area contributed by atoms with E-state index in [0.29, 0.717) is 0 Å². The van der Waals surface area contributed by atoms with Gasteiger partial charge in [-0.3, -0.25) is 0 Å². The Morgan fingerprint density at radius 1 is 0.294 bits per heavy atom. The summed E-state index contributed by atoms with van der Waals surface area (Å²) in [6.07, 6.45) is 0. The zero-order chi connectivity index (χ0) is 45.3. The van der Waals surface area contributed by atoms with Crippen LogP contribution in [0.2, 0.25) is 0 Å². The monoisotopic (exact) mass is 904 g/mol. The van der Waals surface area contributed by atoms with E-state index in [4.69, 9.17) is 0 Å². The number of benzene rings is 11. The predicted molar refractivity (Wildman–Crippen MR) is 297 cm³/mol. The SMILES string of the molecule is Cc1ccc(N(c2cc(-c3ccc4sc5cc(-c6cccc7ccccc67)ccc5c4c3)cc(N(c3ccc(C)cc3)c3cccc4c3sc3ccccc34)c2)c2cccc3ccccc23)cc1. The third-order valence-corrected chi connectivity index (χ3v) is 15.9. The van der Waals surface area contributed by atoms with E-state index in [9.17, 15) is 0 Å². The Balaban J connectivity index is 1.06. The summed E-state index contributed by atoms with van der Waals surface area (Å²) in [4.78, 5) is 4.93. The topological polar surface area (TPSA) is 6.48 Å². The van der Waals surface area contributed by atoms with Crippen LogP contribution in [-0.4, -0.2) is 0 Å². The standard InChI is InChI=1S/C64H44N2S2/c1-41-24-30-48(31-25-41)65(59-21-10-15-44-13-4-6-17-54(44)59)50-36-47(45-29-35-62-58(38-45)56-34-28-46(39-63(56)67-62)53-19-9-14-43-12-3-5-16-52(43)53)37-51(40-50)66(49-32-26-42(2)27-33-49)60-22-11-20-57-55-18-7-8-23-61(55)68-64(57)60/h3-40H,1-2H3. The molecule has 4 heteroatoms. The van der Waals surface area contributed by atoms with E-state index < -0.39 is 0 Å². The molecule has 0 radical (unpaired) electrons. The van der Waals surface area contributed by atoms with Gasteiger partial charge in [-0.05, 0) is 131 Å². The number of aryl methyl sites for hydroxylation is 2. The lowest BCUT2D eigenvalue weighted by molar-refractivity contribution is 1.26. The second kappa shape index (κ2) is 16.4. The maximum Gasteiger partial charge on any atom is 0.0640 e. The van der Waals surface area contributed by atoms with Crippen LogP contribution in [0.1, 0.15) is 11.1 Å². The van der Waals surface area contributed by atoms with Crippen LogP contribution in [-0.2, 0) is 0 Å². The Kier molecular flexibility index (Phi) is 9.71. The van der Waals surface area contributed by atoms with Crippen molar-refractivity contribution < 1.29 is 0 Å². The van der Waals surface area contributed by atoms with Crippen LogP contribution in [0, 0.1) is 13.8 Å². The van der Waals surface area contributed by atoms with Gasteiger partial charge in [-0.25, -0.2) is 0 Å². The van der Waals surface area contributed by atoms with Gasteiger partial charge in [0.25, 0.3) is 0 Å². The summed E-state index contributed by atoms with van der Waals surface area (Å²) in [5, 5.41) is 10.0. The summed E-state index contributed by atoms with van der Waals surface area (Å²) in [5.41, 5.74) is 13.9. The van der Waals surface area contributed by atoms with Crippen LogP contribution >= 0.6 is 22.7 Å². The fourth-order valence-corrected chi connectivity index (χ4v) is 12.5. The minimum atomic E-state index is 1.08. The highest BCUT2D eigenvalue weighted by molar-refractivity contribution is 7.26. The molecule has 2 nitrogen and oxygen atoms in total. The van der Waals surface area contributed by atoms with Crippen molar-refractivity contribution in [3.8, 4) is 22.3 Å².